The van der Waals surface area contributed by atoms with Crippen LogP contribution >= 0.6 is 0 Å². The topological polar surface area (TPSA) is 75.4 Å². The van der Waals surface area contributed by atoms with E-state index in [2.05, 4.69) is 5.32 Å². The van der Waals surface area contributed by atoms with Gasteiger partial charge in [-0.25, -0.2) is 0 Å². The molecule has 1 atom stereocenters. The van der Waals surface area contributed by atoms with Crippen molar-refractivity contribution >= 4 is 5.69 Å². The molecule has 0 aromatic heterocycles. The van der Waals surface area contributed by atoms with E-state index in [1.54, 1.807) is 12.1 Å². The van der Waals surface area contributed by atoms with Crippen LogP contribution < -0.4 is 5.32 Å². The Morgan fingerprint density at radius 3 is 2.75 bits per heavy atom. The minimum Gasteiger partial charge on any atom is -0.387 e. The van der Waals surface area contributed by atoms with Crippen LogP contribution in [0.2, 0.25) is 0 Å². The Labute approximate surface area is 94.3 Å². The van der Waals surface area contributed by atoms with Crippen LogP contribution in [-0.2, 0) is 0 Å². The third kappa shape index (κ3) is 3.60. The largest absolute Gasteiger partial charge is 0.387 e. The van der Waals surface area contributed by atoms with Crippen molar-refractivity contribution in [3.63, 3.8) is 0 Å². The van der Waals surface area contributed by atoms with Crippen molar-refractivity contribution < 1.29 is 10.0 Å². The van der Waals surface area contributed by atoms with Gasteiger partial charge in [0.25, 0.3) is 5.69 Å². The molecule has 1 aromatic carbocycles. The van der Waals surface area contributed by atoms with Gasteiger partial charge < -0.3 is 10.4 Å². The van der Waals surface area contributed by atoms with Crippen LogP contribution in [0.3, 0.4) is 0 Å². The number of nitrogens with zero attached hydrogens (tertiary/aromatic N) is 1. The van der Waals surface area contributed by atoms with Crippen LogP contribution in [0.5, 0.6) is 0 Å². The zero-order valence-electron chi connectivity index (χ0n) is 9.38. The molecule has 0 fully saturated rings. The van der Waals surface area contributed by atoms with Gasteiger partial charge in [-0.15, -0.1) is 0 Å². The van der Waals surface area contributed by atoms with Crippen LogP contribution in [0.4, 0.5) is 5.69 Å². The summed E-state index contributed by atoms with van der Waals surface area (Å²) in [5.74, 6) is 0. The summed E-state index contributed by atoms with van der Waals surface area (Å²) in [5.41, 5.74) is 0.559. The Kier molecular flexibility index (Phi) is 4.39. The first kappa shape index (κ1) is 12.6. The number of nitro benzene ring substituents is 1. The highest BCUT2D eigenvalue weighted by molar-refractivity contribution is 5.35. The van der Waals surface area contributed by atoms with E-state index in [0.29, 0.717) is 12.1 Å². The molecular weight excluding hydrogens is 208 g/mol. The maximum Gasteiger partial charge on any atom is 0.269 e. The predicted octanol–water partition coefficient (Wildman–Crippen LogP) is 1.63. The molecule has 0 aliphatic rings. The summed E-state index contributed by atoms with van der Waals surface area (Å²) in [4.78, 5) is 10.1. The first-order chi connectivity index (χ1) is 7.50. The van der Waals surface area contributed by atoms with Crippen molar-refractivity contribution in [1.29, 1.82) is 0 Å². The monoisotopic (exact) mass is 224 g/mol. The zero-order valence-corrected chi connectivity index (χ0v) is 9.38. The average molecular weight is 224 g/mol. The van der Waals surface area contributed by atoms with Crippen molar-refractivity contribution in [1.82, 2.24) is 5.32 Å². The molecule has 0 unspecified atom stereocenters. The van der Waals surface area contributed by atoms with Gasteiger partial charge in [0.15, 0.2) is 0 Å². The molecule has 0 spiro atoms. The Hall–Kier alpha value is -1.46. The van der Waals surface area contributed by atoms with Crippen LogP contribution in [0.15, 0.2) is 24.3 Å². The Morgan fingerprint density at radius 1 is 1.50 bits per heavy atom. The second-order valence-electron chi connectivity index (χ2n) is 3.93. The molecule has 2 N–H and O–H groups in total. The van der Waals surface area contributed by atoms with E-state index in [1.165, 1.54) is 12.1 Å². The number of hydrogen-bond acceptors (Lipinski definition) is 4. The molecule has 16 heavy (non-hydrogen) atoms. The molecule has 0 bridgehead atoms. The third-order valence-corrected chi connectivity index (χ3v) is 2.19. The molecule has 1 rings (SSSR count). The summed E-state index contributed by atoms with van der Waals surface area (Å²) in [6, 6.07) is 6.33. The lowest BCUT2D eigenvalue weighted by atomic mass is 10.1. The molecule has 5 nitrogen and oxygen atoms in total. The number of aliphatic hydroxyl groups is 1. The molecule has 0 saturated heterocycles. The first-order valence-corrected chi connectivity index (χ1v) is 5.16. The van der Waals surface area contributed by atoms with E-state index in [4.69, 9.17) is 0 Å². The predicted molar refractivity (Wildman–Crippen MR) is 61.2 cm³/mol. The number of non-ortho nitro benzene ring substituents is 1. The third-order valence-electron chi connectivity index (χ3n) is 2.19. The van der Waals surface area contributed by atoms with Crippen LogP contribution in [-0.4, -0.2) is 22.6 Å². The zero-order chi connectivity index (χ0) is 12.1. The van der Waals surface area contributed by atoms with Crippen LogP contribution in [0.1, 0.15) is 25.5 Å². The van der Waals surface area contributed by atoms with Gasteiger partial charge in [-0.1, -0.05) is 26.0 Å². The fraction of sp³-hybridized carbons (Fsp3) is 0.455. The van der Waals surface area contributed by atoms with E-state index in [-0.39, 0.29) is 11.7 Å². The molecule has 0 aliphatic carbocycles. The van der Waals surface area contributed by atoms with Gasteiger partial charge in [-0.05, 0) is 5.56 Å². The summed E-state index contributed by atoms with van der Waals surface area (Å²) < 4.78 is 0. The fourth-order valence-electron chi connectivity index (χ4n) is 1.31. The van der Waals surface area contributed by atoms with Gasteiger partial charge in [0.05, 0.1) is 11.0 Å². The lowest BCUT2D eigenvalue weighted by molar-refractivity contribution is -0.385. The smallest absolute Gasteiger partial charge is 0.269 e. The Bertz CT molecular complexity index is 366. The van der Waals surface area contributed by atoms with Crippen molar-refractivity contribution in [3.8, 4) is 0 Å². The van der Waals surface area contributed by atoms with E-state index < -0.39 is 11.0 Å². The molecule has 0 amide bonds. The molecule has 0 heterocycles. The lowest BCUT2D eigenvalue weighted by Gasteiger charge is -2.14. The Balaban J connectivity index is 2.71. The highest BCUT2D eigenvalue weighted by Gasteiger charge is 2.12. The second-order valence-corrected chi connectivity index (χ2v) is 3.93. The van der Waals surface area contributed by atoms with Gasteiger partial charge in [-0.2, -0.15) is 0 Å². The molecule has 0 aliphatic heterocycles. The van der Waals surface area contributed by atoms with E-state index in [0.717, 1.165) is 0 Å². The van der Waals surface area contributed by atoms with Crippen molar-refractivity contribution in [2.24, 2.45) is 0 Å². The molecular formula is C11H16N2O3. The fourth-order valence-corrected chi connectivity index (χ4v) is 1.31. The lowest BCUT2D eigenvalue weighted by Crippen LogP contribution is -2.27. The average Bonchev–Trinajstić information content (AvgIpc) is 2.26. The van der Waals surface area contributed by atoms with Crippen molar-refractivity contribution in [3.05, 3.63) is 39.9 Å². The van der Waals surface area contributed by atoms with Gasteiger partial charge in [-0.3, -0.25) is 10.1 Å². The Morgan fingerprint density at radius 2 is 2.19 bits per heavy atom. The van der Waals surface area contributed by atoms with E-state index in [9.17, 15) is 15.2 Å². The molecule has 0 radical (unpaired) electrons. The van der Waals surface area contributed by atoms with Crippen molar-refractivity contribution in [2.75, 3.05) is 6.54 Å². The molecule has 1 aromatic rings. The number of rotatable bonds is 5. The van der Waals surface area contributed by atoms with E-state index in [1.807, 2.05) is 13.8 Å². The maximum atomic E-state index is 10.6. The number of benzene rings is 1. The minimum atomic E-state index is -0.720. The number of hydrogen-bond donors (Lipinski definition) is 2. The highest BCUT2D eigenvalue weighted by Crippen LogP contribution is 2.18. The summed E-state index contributed by atoms with van der Waals surface area (Å²) in [6.45, 7) is 4.33. The number of nitrogens with one attached hydrogen (secondary N) is 1. The quantitative estimate of drug-likeness (QED) is 0.588. The summed E-state index contributed by atoms with van der Waals surface area (Å²) in [6.07, 6.45) is -0.720. The first-order valence-electron chi connectivity index (χ1n) is 5.16. The summed E-state index contributed by atoms with van der Waals surface area (Å²) in [5, 5.41) is 23.4. The van der Waals surface area contributed by atoms with Crippen molar-refractivity contribution in [2.45, 2.75) is 26.0 Å². The maximum absolute atomic E-state index is 10.6. The summed E-state index contributed by atoms with van der Waals surface area (Å²) >= 11 is 0. The number of aliphatic hydroxyl groups excluding tert-OH is 1. The van der Waals surface area contributed by atoms with Crippen LogP contribution in [0.25, 0.3) is 0 Å². The summed E-state index contributed by atoms with van der Waals surface area (Å²) in [7, 11) is 0. The van der Waals surface area contributed by atoms with Gasteiger partial charge in [0, 0.05) is 24.7 Å². The molecule has 88 valence electrons. The standard InChI is InChI=1S/C11H16N2O3/c1-8(2)12-7-11(14)9-4-3-5-10(6-9)13(15)16/h3-6,8,11-12,14H,7H2,1-2H3/t11-/m0/s1. The molecule has 0 saturated carbocycles. The van der Waals surface area contributed by atoms with Crippen LogP contribution in [0, 0.1) is 10.1 Å². The van der Waals surface area contributed by atoms with Gasteiger partial charge in [0.2, 0.25) is 0 Å². The van der Waals surface area contributed by atoms with Gasteiger partial charge >= 0.3 is 0 Å². The number of nitro groups is 1. The van der Waals surface area contributed by atoms with Gasteiger partial charge in [0.1, 0.15) is 0 Å². The molecule has 5 heteroatoms. The SMILES string of the molecule is CC(C)NC[C@H](O)c1cccc([N+](=O)[O-])c1. The highest BCUT2D eigenvalue weighted by atomic mass is 16.6. The van der Waals surface area contributed by atoms with E-state index >= 15 is 0 Å². The normalized spacial score (nSPS) is 12.8. The minimum absolute atomic E-state index is 0.00102. The second kappa shape index (κ2) is 5.58.